The predicted octanol–water partition coefficient (Wildman–Crippen LogP) is 2.39. The Balaban J connectivity index is 2.20. The van der Waals surface area contributed by atoms with Gasteiger partial charge in [0.1, 0.15) is 5.82 Å². The summed E-state index contributed by atoms with van der Waals surface area (Å²) in [4.78, 5) is 0.0643. The Bertz CT molecular complexity index is 558. The van der Waals surface area contributed by atoms with Crippen LogP contribution in [0.5, 0.6) is 0 Å². The van der Waals surface area contributed by atoms with Crippen molar-refractivity contribution >= 4 is 26.0 Å². The van der Waals surface area contributed by atoms with Crippen LogP contribution in [0.3, 0.4) is 0 Å². The van der Waals surface area contributed by atoms with E-state index in [0.717, 1.165) is 25.0 Å². The Kier molecular flexibility index (Phi) is 4.60. The molecule has 1 heterocycles. The largest absolute Gasteiger partial charge is 0.377 e. The molecule has 1 unspecified atom stereocenters. The van der Waals surface area contributed by atoms with Gasteiger partial charge >= 0.3 is 0 Å². The summed E-state index contributed by atoms with van der Waals surface area (Å²) >= 11 is 3.09. The highest BCUT2D eigenvalue weighted by molar-refractivity contribution is 9.10. The van der Waals surface area contributed by atoms with Crippen LogP contribution in [-0.2, 0) is 14.8 Å². The highest BCUT2D eigenvalue weighted by Gasteiger charge is 2.27. The van der Waals surface area contributed by atoms with E-state index in [-0.39, 0.29) is 15.5 Å². The van der Waals surface area contributed by atoms with E-state index in [1.54, 1.807) is 0 Å². The number of hydrogen-bond acceptors (Lipinski definition) is 3. The van der Waals surface area contributed by atoms with Gasteiger partial charge in [-0.3, -0.25) is 0 Å². The molecule has 1 aromatic rings. The standard InChI is InChI=1S/C12H15BrFNO3S/c1-15(8-10-3-2-6-18-10)19(16,17)12-5-4-9(14)7-11(12)13/h4-5,7,10H,2-3,6,8H2,1H3. The topological polar surface area (TPSA) is 46.6 Å². The second-order valence-electron chi connectivity index (χ2n) is 4.50. The summed E-state index contributed by atoms with van der Waals surface area (Å²) in [7, 11) is -2.13. The summed E-state index contributed by atoms with van der Waals surface area (Å²) in [5.74, 6) is -0.479. The normalized spacial score (nSPS) is 20.1. The molecule has 0 spiro atoms. The van der Waals surface area contributed by atoms with Gasteiger partial charge in [-0.2, -0.15) is 4.31 Å². The van der Waals surface area contributed by atoms with Gasteiger partial charge in [0.25, 0.3) is 0 Å². The Morgan fingerprint density at radius 1 is 1.53 bits per heavy atom. The lowest BCUT2D eigenvalue weighted by molar-refractivity contribution is 0.0979. The van der Waals surface area contributed by atoms with E-state index < -0.39 is 15.8 Å². The Morgan fingerprint density at radius 2 is 2.26 bits per heavy atom. The molecule has 106 valence electrons. The molecule has 0 radical (unpaired) electrons. The molecule has 0 N–H and O–H groups in total. The first-order valence-corrected chi connectivity index (χ1v) is 8.17. The zero-order valence-corrected chi connectivity index (χ0v) is 12.9. The molecule has 4 nitrogen and oxygen atoms in total. The molecule has 1 atom stereocenters. The van der Waals surface area contributed by atoms with Gasteiger partial charge in [-0.25, -0.2) is 12.8 Å². The number of ether oxygens (including phenoxy) is 1. The number of nitrogens with zero attached hydrogens (tertiary/aromatic N) is 1. The van der Waals surface area contributed by atoms with Crippen molar-refractivity contribution in [3.8, 4) is 0 Å². The van der Waals surface area contributed by atoms with E-state index in [4.69, 9.17) is 4.74 Å². The van der Waals surface area contributed by atoms with Crippen molar-refractivity contribution in [1.29, 1.82) is 0 Å². The quantitative estimate of drug-likeness (QED) is 0.836. The van der Waals surface area contributed by atoms with Crippen molar-refractivity contribution in [3.05, 3.63) is 28.5 Å². The maximum Gasteiger partial charge on any atom is 0.244 e. The van der Waals surface area contributed by atoms with Crippen LogP contribution in [0, 0.1) is 5.82 Å². The van der Waals surface area contributed by atoms with Crippen molar-refractivity contribution in [2.24, 2.45) is 0 Å². The number of rotatable bonds is 4. The molecule has 0 saturated carbocycles. The molecule has 0 aromatic heterocycles. The van der Waals surface area contributed by atoms with Gasteiger partial charge in [-0.15, -0.1) is 0 Å². The zero-order valence-electron chi connectivity index (χ0n) is 10.5. The SMILES string of the molecule is CN(CC1CCCO1)S(=O)(=O)c1ccc(F)cc1Br. The first-order valence-electron chi connectivity index (χ1n) is 5.94. The summed E-state index contributed by atoms with van der Waals surface area (Å²) < 4.78 is 44.7. The van der Waals surface area contributed by atoms with E-state index in [2.05, 4.69) is 15.9 Å². The maximum absolute atomic E-state index is 13.0. The van der Waals surface area contributed by atoms with E-state index in [1.165, 1.54) is 17.4 Å². The van der Waals surface area contributed by atoms with Crippen LogP contribution in [0.1, 0.15) is 12.8 Å². The maximum atomic E-state index is 13.0. The fraction of sp³-hybridized carbons (Fsp3) is 0.500. The van der Waals surface area contributed by atoms with Crippen LogP contribution in [-0.4, -0.2) is 39.0 Å². The highest BCUT2D eigenvalue weighted by atomic mass is 79.9. The van der Waals surface area contributed by atoms with Crippen molar-refractivity contribution in [1.82, 2.24) is 4.31 Å². The Labute approximate surface area is 120 Å². The van der Waals surface area contributed by atoms with Crippen LogP contribution in [0.15, 0.2) is 27.6 Å². The summed E-state index contributed by atoms with van der Waals surface area (Å²) in [5, 5.41) is 0. The van der Waals surface area contributed by atoms with Gasteiger partial charge in [0.05, 0.1) is 11.0 Å². The predicted molar refractivity (Wildman–Crippen MR) is 72.9 cm³/mol. The fourth-order valence-electron chi connectivity index (χ4n) is 2.03. The minimum atomic E-state index is -3.63. The molecule has 2 rings (SSSR count). The molecule has 1 saturated heterocycles. The molecule has 1 aliphatic heterocycles. The molecule has 1 aliphatic rings. The van der Waals surface area contributed by atoms with Crippen LogP contribution in [0.4, 0.5) is 4.39 Å². The third-order valence-corrected chi connectivity index (χ3v) is 5.87. The van der Waals surface area contributed by atoms with Crippen molar-refractivity contribution in [2.75, 3.05) is 20.2 Å². The van der Waals surface area contributed by atoms with Crippen LogP contribution < -0.4 is 0 Å². The zero-order chi connectivity index (χ0) is 14.0. The summed E-state index contributed by atoms with van der Waals surface area (Å²) in [6, 6.07) is 3.55. The Hall–Kier alpha value is -0.500. The number of sulfonamides is 1. The molecule has 1 aromatic carbocycles. The molecule has 1 fully saturated rings. The summed E-state index contributed by atoms with van der Waals surface area (Å²) in [5.41, 5.74) is 0. The molecular formula is C12H15BrFNO3S. The van der Waals surface area contributed by atoms with Gasteiger partial charge in [-0.1, -0.05) is 0 Å². The molecular weight excluding hydrogens is 337 g/mol. The average Bonchev–Trinajstić information content (AvgIpc) is 2.81. The van der Waals surface area contributed by atoms with Crippen LogP contribution in [0.2, 0.25) is 0 Å². The van der Waals surface area contributed by atoms with Crippen molar-refractivity contribution < 1.29 is 17.5 Å². The molecule has 0 bridgehead atoms. The van der Waals surface area contributed by atoms with Crippen LogP contribution >= 0.6 is 15.9 Å². The van der Waals surface area contributed by atoms with Crippen molar-refractivity contribution in [2.45, 2.75) is 23.8 Å². The lowest BCUT2D eigenvalue weighted by atomic mass is 10.2. The first kappa shape index (κ1) is 14.9. The van der Waals surface area contributed by atoms with E-state index in [0.29, 0.717) is 13.2 Å². The van der Waals surface area contributed by atoms with Gasteiger partial charge < -0.3 is 4.74 Å². The van der Waals surface area contributed by atoms with Gasteiger partial charge in [-0.05, 0) is 47.0 Å². The molecule has 19 heavy (non-hydrogen) atoms. The van der Waals surface area contributed by atoms with E-state index in [9.17, 15) is 12.8 Å². The lowest BCUT2D eigenvalue weighted by Gasteiger charge is -2.21. The smallest absolute Gasteiger partial charge is 0.244 e. The second-order valence-corrected chi connectivity index (χ2v) is 7.36. The minimum absolute atomic E-state index is 0.0565. The summed E-state index contributed by atoms with van der Waals surface area (Å²) in [6.45, 7) is 0.991. The minimum Gasteiger partial charge on any atom is -0.377 e. The van der Waals surface area contributed by atoms with E-state index in [1.807, 2.05) is 0 Å². The van der Waals surface area contributed by atoms with Gasteiger partial charge in [0.2, 0.25) is 10.0 Å². The average molecular weight is 352 g/mol. The number of halogens is 2. The van der Waals surface area contributed by atoms with Crippen molar-refractivity contribution in [3.63, 3.8) is 0 Å². The van der Waals surface area contributed by atoms with Crippen LogP contribution in [0.25, 0.3) is 0 Å². The molecule has 7 heteroatoms. The third-order valence-electron chi connectivity index (χ3n) is 3.07. The fourth-order valence-corrected chi connectivity index (χ4v) is 4.23. The summed E-state index contributed by atoms with van der Waals surface area (Å²) in [6.07, 6.45) is 1.77. The van der Waals surface area contributed by atoms with E-state index >= 15 is 0 Å². The third kappa shape index (κ3) is 3.34. The number of benzene rings is 1. The Morgan fingerprint density at radius 3 is 2.84 bits per heavy atom. The molecule has 0 aliphatic carbocycles. The lowest BCUT2D eigenvalue weighted by Crippen LogP contribution is -2.34. The van der Waals surface area contributed by atoms with Gasteiger partial charge in [0, 0.05) is 24.7 Å². The molecule has 0 amide bonds. The monoisotopic (exact) mass is 351 g/mol. The first-order chi connectivity index (χ1) is 8.91. The van der Waals surface area contributed by atoms with Gasteiger partial charge in [0.15, 0.2) is 0 Å². The number of likely N-dealkylation sites (N-methyl/N-ethyl adjacent to an activating group) is 1. The number of hydrogen-bond donors (Lipinski definition) is 0. The second kappa shape index (κ2) is 5.87. The highest BCUT2D eigenvalue weighted by Crippen LogP contribution is 2.26.